The number of nitrogens with one attached hydrogen (secondary N) is 1. The molecule has 1 amide bonds. The van der Waals surface area contributed by atoms with Gasteiger partial charge in [0.1, 0.15) is 17.4 Å². The summed E-state index contributed by atoms with van der Waals surface area (Å²) in [6.07, 6.45) is 1.16. The highest BCUT2D eigenvalue weighted by atomic mass is 35.5. The predicted octanol–water partition coefficient (Wildman–Crippen LogP) is 4.23. The van der Waals surface area contributed by atoms with E-state index in [1.165, 1.54) is 6.07 Å². The first kappa shape index (κ1) is 16.8. The second-order valence-electron chi connectivity index (χ2n) is 6.16. The Balaban J connectivity index is 1.68. The van der Waals surface area contributed by atoms with Gasteiger partial charge in [0.15, 0.2) is 5.43 Å². The fourth-order valence-electron chi connectivity index (χ4n) is 3.03. The predicted molar refractivity (Wildman–Crippen MR) is 101 cm³/mol. The lowest BCUT2D eigenvalue weighted by molar-refractivity contribution is -0.124. The summed E-state index contributed by atoms with van der Waals surface area (Å²) in [4.78, 5) is 24.7. The van der Waals surface area contributed by atoms with E-state index in [2.05, 4.69) is 5.32 Å². The maximum absolute atomic E-state index is 12.5. The standard InChI is InChI=1S/C20H16ClNO4/c21-15-5-2-1-4-13(15)19-11-16(23)14-10-12(7-8-17(14)26-19)22-20(24)18-6-3-9-25-18/h1-2,4-5,7-8,10-11,18H,3,6,9H2,(H,22,24). The van der Waals surface area contributed by atoms with E-state index in [4.69, 9.17) is 20.8 Å². The summed E-state index contributed by atoms with van der Waals surface area (Å²) >= 11 is 6.19. The number of benzene rings is 2. The summed E-state index contributed by atoms with van der Waals surface area (Å²) in [5.41, 5.74) is 1.43. The van der Waals surface area contributed by atoms with E-state index in [1.54, 1.807) is 30.3 Å². The molecule has 5 nitrogen and oxygen atoms in total. The second kappa shape index (κ2) is 6.94. The van der Waals surface area contributed by atoms with Crippen LogP contribution in [0.3, 0.4) is 0 Å². The summed E-state index contributed by atoms with van der Waals surface area (Å²) < 4.78 is 11.2. The first-order chi connectivity index (χ1) is 12.6. The van der Waals surface area contributed by atoms with Gasteiger partial charge in [-0.1, -0.05) is 23.7 Å². The van der Waals surface area contributed by atoms with Crippen LogP contribution in [-0.4, -0.2) is 18.6 Å². The molecule has 1 aliphatic rings. The van der Waals surface area contributed by atoms with Crippen molar-refractivity contribution in [3.05, 3.63) is 63.8 Å². The molecule has 0 aliphatic carbocycles. The average molecular weight is 370 g/mol. The van der Waals surface area contributed by atoms with Crippen molar-refractivity contribution in [2.45, 2.75) is 18.9 Å². The molecule has 1 aromatic heterocycles. The zero-order valence-corrected chi connectivity index (χ0v) is 14.6. The molecule has 2 heterocycles. The number of hydrogen-bond donors (Lipinski definition) is 1. The van der Waals surface area contributed by atoms with Crippen LogP contribution in [0, 0.1) is 0 Å². The summed E-state index contributed by atoms with van der Waals surface area (Å²) in [6.45, 7) is 0.601. The fourth-order valence-corrected chi connectivity index (χ4v) is 3.26. The molecule has 1 aliphatic heterocycles. The molecule has 1 saturated heterocycles. The Hall–Kier alpha value is -2.63. The molecule has 2 aromatic carbocycles. The van der Waals surface area contributed by atoms with Crippen molar-refractivity contribution in [1.29, 1.82) is 0 Å². The summed E-state index contributed by atoms with van der Waals surface area (Å²) in [5.74, 6) is 0.211. The second-order valence-corrected chi connectivity index (χ2v) is 6.56. The van der Waals surface area contributed by atoms with Crippen LogP contribution in [0.15, 0.2) is 57.7 Å². The summed E-state index contributed by atoms with van der Waals surface area (Å²) in [5, 5.41) is 3.70. The van der Waals surface area contributed by atoms with Crippen molar-refractivity contribution in [1.82, 2.24) is 0 Å². The average Bonchev–Trinajstić information content (AvgIpc) is 3.17. The summed E-state index contributed by atoms with van der Waals surface area (Å²) in [7, 11) is 0. The molecule has 26 heavy (non-hydrogen) atoms. The number of hydrogen-bond acceptors (Lipinski definition) is 4. The van der Waals surface area contributed by atoms with E-state index in [0.29, 0.717) is 46.0 Å². The van der Waals surface area contributed by atoms with Crippen LogP contribution in [0.5, 0.6) is 0 Å². The molecule has 3 aromatic rings. The summed E-state index contributed by atoms with van der Waals surface area (Å²) in [6, 6.07) is 13.6. The maximum atomic E-state index is 12.5. The van der Waals surface area contributed by atoms with E-state index in [0.717, 1.165) is 6.42 Å². The molecule has 132 valence electrons. The van der Waals surface area contributed by atoms with Crippen molar-refractivity contribution in [3.63, 3.8) is 0 Å². The SMILES string of the molecule is O=C(Nc1ccc2oc(-c3ccccc3Cl)cc(=O)c2c1)C1CCCO1. The van der Waals surface area contributed by atoms with Crippen molar-refractivity contribution < 1.29 is 13.9 Å². The largest absolute Gasteiger partial charge is 0.456 e. The quantitative estimate of drug-likeness (QED) is 0.750. The van der Waals surface area contributed by atoms with Gasteiger partial charge in [0.2, 0.25) is 0 Å². The van der Waals surface area contributed by atoms with E-state index in [1.807, 2.05) is 12.1 Å². The molecule has 1 fully saturated rings. The normalized spacial score (nSPS) is 16.7. The number of carbonyl (C=O) groups is 1. The Bertz CT molecular complexity index is 1040. The van der Waals surface area contributed by atoms with Gasteiger partial charge in [-0.3, -0.25) is 9.59 Å². The number of halogens is 1. The minimum atomic E-state index is -0.426. The Morgan fingerprint density at radius 1 is 1.15 bits per heavy atom. The third kappa shape index (κ3) is 3.23. The number of fused-ring (bicyclic) bond motifs is 1. The Morgan fingerprint density at radius 2 is 2.00 bits per heavy atom. The molecule has 1 N–H and O–H groups in total. The molecule has 0 bridgehead atoms. The maximum Gasteiger partial charge on any atom is 0.253 e. The first-order valence-electron chi connectivity index (χ1n) is 8.37. The molecular weight excluding hydrogens is 354 g/mol. The van der Waals surface area contributed by atoms with Crippen LogP contribution in [-0.2, 0) is 9.53 Å². The van der Waals surface area contributed by atoms with Gasteiger partial charge in [0.05, 0.1) is 10.4 Å². The highest BCUT2D eigenvalue weighted by molar-refractivity contribution is 6.33. The zero-order valence-electron chi connectivity index (χ0n) is 13.8. The molecular formula is C20H16ClNO4. The van der Waals surface area contributed by atoms with Gasteiger partial charge in [0, 0.05) is 23.9 Å². The zero-order chi connectivity index (χ0) is 18.1. The van der Waals surface area contributed by atoms with Crippen LogP contribution in [0.2, 0.25) is 5.02 Å². The number of anilines is 1. The number of ether oxygens (including phenoxy) is 1. The lowest BCUT2D eigenvalue weighted by Crippen LogP contribution is -2.26. The lowest BCUT2D eigenvalue weighted by Gasteiger charge is -2.11. The Labute approximate surface area is 154 Å². The van der Waals surface area contributed by atoms with E-state index in [-0.39, 0.29) is 11.3 Å². The Kier molecular flexibility index (Phi) is 4.49. The highest BCUT2D eigenvalue weighted by Crippen LogP contribution is 2.29. The van der Waals surface area contributed by atoms with Crippen LogP contribution in [0.4, 0.5) is 5.69 Å². The van der Waals surface area contributed by atoms with Gasteiger partial charge in [-0.2, -0.15) is 0 Å². The smallest absolute Gasteiger partial charge is 0.253 e. The van der Waals surface area contributed by atoms with E-state index < -0.39 is 6.10 Å². The van der Waals surface area contributed by atoms with Crippen molar-refractivity contribution in [3.8, 4) is 11.3 Å². The Morgan fingerprint density at radius 3 is 2.77 bits per heavy atom. The van der Waals surface area contributed by atoms with Gasteiger partial charge in [-0.15, -0.1) is 0 Å². The highest BCUT2D eigenvalue weighted by Gasteiger charge is 2.23. The molecule has 0 spiro atoms. The molecule has 0 saturated carbocycles. The molecule has 1 unspecified atom stereocenters. The fraction of sp³-hybridized carbons (Fsp3) is 0.200. The van der Waals surface area contributed by atoms with Gasteiger partial charge in [0.25, 0.3) is 5.91 Å². The minimum absolute atomic E-state index is 0.195. The van der Waals surface area contributed by atoms with Gasteiger partial charge >= 0.3 is 0 Å². The van der Waals surface area contributed by atoms with Crippen LogP contribution >= 0.6 is 11.6 Å². The number of amides is 1. The topological polar surface area (TPSA) is 68.5 Å². The van der Waals surface area contributed by atoms with E-state index >= 15 is 0 Å². The van der Waals surface area contributed by atoms with Crippen LogP contribution in [0.25, 0.3) is 22.3 Å². The van der Waals surface area contributed by atoms with Crippen molar-refractivity contribution in [2.75, 3.05) is 11.9 Å². The number of rotatable bonds is 3. The molecule has 1 atom stereocenters. The molecule has 4 rings (SSSR count). The van der Waals surface area contributed by atoms with Gasteiger partial charge in [-0.05, 0) is 43.2 Å². The third-order valence-corrected chi connectivity index (χ3v) is 4.69. The van der Waals surface area contributed by atoms with Crippen LogP contribution < -0.4 is 10.7 Å². The molecule has 0 radical (unpaired) electrons. The van der Waals surface area contributed by atoms with E-state index in [9.17, 15) is 9.59 Å². The minimum Gasteiger partial charge on any atom is -0.456 e. The lowest BCUT2D eigenvalue weighted by atomic mass is 10.1. The van der Waals surface area contributed by atoms with Gasteiger partial charge in [-0.25, -0.2) is 0 Å². The monoisotopic (exact) mass is 369 g/mol. The van der Waals surface area contributed by atoms with Crippen molar-refractivity contribution >= 4 is 34.2 Å². The first-order valence-corrected chi connectivity index (χ1v) is 8.75. The third-order valence-electron chi connectivity index (χ3n) is 4.36. The number of carbonyl (C=O) groups excluding carboxylic acids is 1. The van der Waals surface area contributed by atoms with Crippen LogP contribution in [0.1, 0.15) is 12.8 Å². The molecule has 6 heteroatoms. The van der Waals surface area contributed by atoms with Gasteiger partial charge < -0.3 is 14.5 Å². The van der Waals surface area contributed by atoms with Crippen molar-refractivity contribution in [2.24, 2.45) is 0 Å².